The molecule has 5 heterocycles. The quantitative estimate of drug-likeness (QED) is 0.202. The number of ether oxygens (including phenoxy) is 1. The largest absolute Gasteiger partial charge is 0.481 e. The fraction of sp³-hybridized carbons (Fsp3) is 0.351. The van der Waals surface area contributed by atoms with Crippen LogP contribution in [0.2, 0.25) is 10.0 Å². The Morgan fingerprint density at radius 2 is 1.70 bits per heavy atom. The number of fused-ring (bicyclic) bond motifs is 2. The van der Waals surface area contributed by atoms with Gasteiger partial charge in [-0.1, -0.05) is 53.5 Å². The normalized spacial score (nSPS) is 19.8. The van der Waals surface area contributed by atoms with Crippen molar-refractivity contribution in [2.75, 3.05) is 25.5 Å². The minimum absolute atomic E-state index is 0.120. The van der Waals surface area contributed by atoms with Crippen molar-refractivity contribution in [2.24, 2.45) is 14.1 Å². The van der Waals surface area contributed by atoms with Crippen molar-refractivity contribution in [2.45, 2.75) is 50.1 Å². The number of carbonyl (C=O) groups excluding carboxylic acids is 1. The summed E-state index contributed by atoms with van der Waals surface area (Å²) in [6, 6.07) is 12.8. The van der Waals surface area contributed by atoms with E-state index in [0.717, 1.165) is 59.0 Å². The number of alkyl halides is 2. The van der Waals surface area contributed by atoms with E-state index in [1.54, 1.807) is 25.3 Å². The summed E-state index contributed by atoms with van der Waals surface area (Å²) >= 11 is 14.1. The van der Waals surface area contributed by atoms with Gasteiger partial charge in [0, 0.05) is 61.9 Å². The number of hydrogen-bond donors (Lipinski definition) is 2. The SMILES string of the molecule is COc1nc(-c2cccc(-c3cccc(Nc4nc(C(F)F)nc5c4c(=O)n(C)c(=O)n5C)c3Cl)c2Cl)cc2c1C(N1CCC3(CCC(=O)N3)C1)CC2. The molecule has 2 aliphatic heterocycles. The van der Waals surface area contributed by atoms with Crippen LogP contribution in [-0.2, 0) is 25.3 Å². The van der Waals surface area contributed by atoms with Gasteiger partial charge in [-0.15, -0.1) is 0 Å². The van der Waals surface area contributed by atoms with Gasteiger partial charge in [0.2, 0.25) is 11.8 Å². The topological polar surface area (TPSA) is 136 Å². The Labute approximate surface area is 311 Å². The highest BCUT2D eigenvalue weighted by atomic mass is 35.5. The van der Waals surface area contributed by atoms with E-state index in [1.165, 1.54) is 14.1 Å². The van der Waals surface area contributed by atoms with Crippen molar-refractivity contribution in [1.29, 1.82) is 0 Å². The molecule has 2 atom stereocenters. The van der Waals surface area contributed by atoms with Crippen molar-refractivity contribution in [3.63, 3.8) is 0 Å². The predicted molar refractivity (Wildman–Crippen MR) is 197 cm³/mol. The van der Waals surface area contributed by atoms with Crippen LogP contribution in [0.25, 0.3) is 33.4 Å². The van der Waals surface area contributed by atoms with E-state index in [-0.39, 0.29) is 45.0 Å². The van der Waals surface area contributed by atoms with Crippen LogP contribution in [0, 0.1) is 0 Å². The summed E-state index contributed by atoms with van der Waals surface area (Å²) in [6.07, 6.45) is 1.02. The molecule has 2 aromatic carbocycles. The monoisotopic (exact) mass is 762 g/mol. The number of rotatable bonds is 7. The molecule has 53 heavy (non-hydrogen) atoms. The number of likely N-dealkylation sites (tertiary alicyclic amines) is 1. The molecule has 3 aromatic heterocycles. The van der Waals surface area contributed by atoms with E-state index in [9.17, 15) is 23.2 Å². The van der Waals surface area contributed by atoms with Crippen molar-refractivity contribution in [3.05, 3.63) is 90.3 Å². The summed E-state index contributed by atoms with van der Waals surface area (Å²) in [5.41, 5.74) is 2.95. The van der Waals surface area contributed by atoms with Gasteiger partial charge >= 0.3 is 5.69 Å². The number of aryl methyl sites for hydroxylation is 2. The van der Waals surface area contributed by atoms with Crippen LogP contribution in [0.4, 0.5) is 20.3 Å². The summed E-state index contributed by atoms with van der Waals surface area (Å²) < 4.78 is 35.6. The van der Waals surface area contributed by atoms with Crippen molar-refractivity contribution in [3.8, 4) is 28.3 Å². The molecule has 2 saturated heterocycles. The van der Waals surface area contributed by atoms with Gasteiger partial charge in [-0.2, -0.15) is 0 Å². The third kappa shape index (κ3) is 5.83. The number of methoxy groups -OCH3 is 1. The van der Waals surface area contributed by atoms with Crippen molar-refractivity contribution >= 4 is 51.6 Å². The van der Waals surface area contributed by atoms with Gasteiger partial charge in [0.25, 0.3) is 12.0 Å². The Bertz CT molecular complexity index is 2470. The summed E-state index contributed by atoms with van der Waals surface area (Å²) in [7, 11) is 4.23. The molecule has 0 bridgehead atoms. The van der Waals surface area contributed by atoms with Gasteiger partial charge in [0.1, 0.15) is 11.2 Å². The van der Waals surface area contributed by atoms with Gasteiger partial charge < -0.3 is 15.4 Å². The number of pyridine rings is 1. The third-order valence-electron chi connectivity index (χ3n) is 10.7. The van der Waals surface area contributed by atoms with Crippen LogP contribution in [0.3, 0.4) is 0 Å². The van der Waals surface area contributed by atoms with Crippen molar-refractivity contribution in [1.82, 2.24) is 34.3 Å². The first kappa shape index (κ1) is 35.1. The Hall–Kier alpha value is -4.92. The molecule has 0 radical (unpaired) electrons. The van der Waals surface area contributed by atoms with Gasteiger partial charge in [-0.05, 0) is 43.4 Å². The lowest BCUT2D eigenvalue weighted by Gasteiger charge is -2.28. The first-order valence-corrected chi connectivity index (χ1v) is 17.9. The molecule has 2 fully saturated rings. The Balaban J connectivity index is 1.15. The number of amides is 1. The second kappa shape index (κ2) is 13.2. The van der Waals surface area contributed by atoms with E-state index in [2.05, 4.69) is 31.6 Å². The zero-order valence-corrected chi connectivity index (χ0v) is 30.5. The standard InChI is InChI=1S/C37H34Cl2F2N8O4/c1-47-33-27(35(51)48(2)36(47)52)31(44-32(45-33)30(40)41)42-22-9-5-7-20(29(22)39)19-6-4-8-21(28(19)38)23-16-18-10-11-24(26(18)34(43-23)53-3)49-15-14-37(17-49)13-12-25(50)46-37/h4-9,16,24,30H,10-15,17H2,1-3H3,(H,46,50)(H,42,44,45). The summed E-state index contributed by atoms with van der Waals surface area (Å²) in [4.78, 5) is 53.0. The molecule has 1 aliphatic carbocycles. The van der Waals surface area contributed by atoms with E-state index < -0.39 is 23.5 Å². The maximum atomic E-state index is 13.9. The fourth-order valence-corrected chi connectivity index (χ4v) is 8.66. The number of hydrogen-bond acceptors (Lipinski definition) is 9. The molecule has 2 unspecified atom stereocenters. The molecule has 8 rings (SSSR count). The van der Waals surface area contributed by atoms with E-state index in [1.807, 2.05) is 18.2 Å². The Morgan fingerprint density at radius 3 is 2.42 bits per heavy atom. The average molecular weight is 764 g/mol. The van der Waals surface area contributed by atoms with E-state index in [0.29, 0.717) is 39.7 Å². The van der Waals surface area contributed by atoms with Gasteiger partial charge in [0.15, 0.2) is 11.5 Å². The number of nitrogens with zero attached hydrogens (tertiary/aromatic N) is 6. The summed E-state index contributed by atoms with van der Waals surface area (Å²) in [5, 5.41) is 6.57. The van der Waals surface area contributed by atoms with E-state index >= 15 is 0 Å². The molecule has 274 valence electrons. The molecular weight excluding hydrogens is 729 g/mol. The maximum Gasteiger partial charge on any atom is 0.332 e. The smallest absolute Gasteiger partial charge is 0.332 e. The van der Waals surface area contributed by atoms with Crippen LogP contribution >= 0.6 is 23.2 Å². The highest BCUT2D eigenvalue weighted by molar-refractivity contribution is 6.39. The molecule has 1 spiro atoms. The average Bonchev–Trinajstić information content (AvgIpc) is 3.87. The van der Waals surface area contributed by atoms with Crippen LogP contribution in [0.5, 0.6) is 5.88 Å². The van der Waals surface area contributed by atoms with Crippen molar-refractivity contribution < 1.29 is 18.3 Å². The first-order chi connectivity index (χ1) is 25.4. The zero-order valence-electron chi connectivity index (χ0n) is 29.0. The van der Waals surface area contributed by atoms with E-state index in [4.69, 9.17) is 32.9 Å². The third-order valence-corrected chi connectivity index (χ3v) is 11.5. The van der Waals surface area contributed by atoms with Gasteiger partial charge in [0.05, 0.1) is 34.1 Å². The molecule has 1 amide bonds. The Morgan fingerprint density at radius 1 is 0.962 bits per heavy atom. The minimum Gasteiger partial charge on any atom is -0.481 e. The number of halogens is 4. The second-order valence-electron chi connectivity index (χ2n) is 13.8. The van der Waals surface area contributed by atoms with Gasteiger partial charge in [-0.25, -0.2) is 28.5 Å². The lowest BCUT2D eigenvalue weighted by molar-refractivity contribution is -0.119. The maximum absolute atomic E-state index is 13.9. The summed E-state index contributed by atoms with van der Waals surface area (Å²) in [5.74, 6) is -0.437. The number of carbonyl (C=O) groups is 1. The van der Waals surface area contributed by atoms with Crippen LogP contribution in [0.15, 0.2) is 52.1 Å². The second-order valence-corrected chi connectivity index (χ2v) is 14.5. The highest BCUT2D eigenvalue weighted by Crippen LogP contribution is 2.47. The molecule has 12 nitrogen and oxygen atoms in total. The van der Waals surface area contributed by atoms with Crippen LogP contribution < -0.4 is 26.6 Å². The Kier molecular flexibility index (Phi) is 8.74. The molecule has 2 N–H and O–H groups in total. The first-order valence-electron chi connectivity index (χ1n) is 17.1. The minimum atomic E-state index is -3.08. The number of aromatic nitrogens is 5. The number of anilines is 2. The lowest BCUT2D eigenvalue weighted by atomic mass is 9.97. The number of nitrogens with one attached hydrogen (secondary N) is 2. The molecule has 16 heteroatoms. The predicted octanol–water partition coefficient (Wildman–Crippen LogP) is 6.09. The zero-order chi connectivity index (χ0) is 37.3. The fourth-order valence-electron chi connectivity index (χ4n) is 8.06. The van der Waals surface area contributed by atoms with Gasteiger partial charge in [-0.3, -0.25) is 23.6 Å². The van der Waals surface area contributed by atoms with Crippen LogP contribution in [-0.4, -0.2) is 60.6 Å². The molecule has 3 aliphatic rings. The highest BCUT2D eigenvalue weighted by Gasteiger charge is 2.46. The number of benzene rings is 2. The van der Waals surface area contributed by atoms with Crippen LogP contribution in [0.1, 0.15) is 55.1 Å². The molecular formula is C37H34Cl2F2N8O4. The lowest BCUT2D eigenvalue weighted by Crippen LogP contribution is -2.44. The molecule has 5 aromatic rings. The molecule has 0 saturated carbocycles. The summed E-state index contributed by atoms with van der Waals surface area (Å²) in [6.45, 7) is 1.68.